The summed E-state index contributed by atoms with van der Waals surface area (Å²) < 4.78 is 51.3. The first-order chi connectivity index (χ1) is 22.1. The highest BCUT2D eigenvalue weighted by molar-refractivity contribution is 8.33. The van der Waals surface area contributed by atoms with Crippen LogP contribution >= 0.6 is 0 Å². The molecule has 46 heavy (non-hydrogen) atoms. The second kappa shape index (κ2) is 12.9. The van der Waals surface area contributed by atoms with Crippen LogP contribution in [-0.4, -0.2) is 19.7 Å². The van der Waals surface area contributed by atoms with Crippen LogP contribution in [0.3, 0.4) is 0 Å². The number of methoxy groups -OCH3 is 1. The van der Waals surface area contributed by atoms with Crippen LogP contribution in [0.15, 0.2) is 165 Å². The van der Waals surface area contributed by atoms with E-state index in [0.717, 1.165) is 33.6 Å². The highest BCUT2D eigenvalue weighted by Crippen LogP contribution is 2.31. The van der Waals surface area contributed by atoms with E-state index in [9.17, 15) is 12.6 Å². The van der Waals surface area contributed by atoms with Gasteiger partial charge in [0.2, 0.25) is 9.84 Å². The maximum atomic E-state index is 13.4. The van der Waals surface area contributed by atoms with Crippen molar-refractivity contribution >= 4 is 29.5 Å². The standard InChI is InChI=1S/C38H30O5S3/c1-27-3-19-37(20-4-27)46(41,44)38-23-11-31(12-24-38)30-9-21-35(22-10-30)45(39,40)36-25-17-34(18-26-36)43-33-15-7-29(8-16-33)28-5-13-32(42-2)14-6-28/h3-26H,1-2H3. The summed E-state index contributed by atoms with van der Waals surface area (Å²) in [6.07, 6.45) is 0. The Labute approximate surface area is 274 Å². The molecule has 0 saturated heterocycles. The summed E-state index contributed by atoms with van der Waals surface area (Å²) in [6.45, 7) is 1.97. The van der Waals surface area contributed by atoms with Crippen molar-refractivity contribution in [2.45, 2.75) is 26.5 Å². The quantitative estimate of drug-likeness (QED) is 0.154. The highest BCUT2D eigenvalue weighted by Gasteiger charge is 2.18. The number of aryl methyl sites for hydroxylation is 1. The van der Waals surface area contributed by atoms with E-state index in [1.807, 2.05) is 79.7 Å². The average molecular weight is 663 g/mol. The second-order valence-electron chi connectivity index (χ2n) is 10.7. The molecule has 0 saturated carbocycles. The minimum atomic E-state index is -3.74. The summed E-state index contributed by atoms with van der Waals surface area (Å²) in [6, 6.07) is 43.3. The average Bonchev–Trinajstić information content (AvgIpc) is 3.09. The Kier molecular flexibility index (Phi) is 8.77. The van der Waals surface area contributed by atoms with Gasteiger partial charge in [0.05, 0.1) is 25.4 Å². The van der Waals surface area contributed by atoms with Crippen molar-refractivity contribution in [2.75, 3.05) is 7.11 Å². The normalized spacial score (nSPS) is 12.7. The molecule has 0 amide bonds. The largest absolute Gasteiger partial charge is 0.497 e. The predicted molar refractivity (Wildman–Crippen MR) is 185 cm³/mol. The lowest BCUT2D eigenvalue weighted by Gasteiger charge is -2.11. The van der Waals surface area contributed by atoms with Gasteiger partial charge in [0, 0.05) is 9.79 Å². The lowest BCUT2D eigenvalue weighted by molar-refractivity contribution is 0.415. The first-order valence-corrected chi connectivity index (χ1v) is 18.4. The topological polar surface area (TPSA) is 69.7 Å². The van der Waals surface area contributed by atoms with Crippen molar-refractivity contribution in [2.24, 2.45) is 0 Å². The number of hydrogen-bond acceptors (Lipinski definition) is 6. The maximum Gasteiger partial charge on any atom is 0.206 e. The zero-order valence-corrected chi connectivity index (χ0v) is 27.6. The second-order valence-corrected chi connectivity index (χ2v) is 16.0. The zero-order valence-electron chi connectivity index (χ0n) is 25.1. The molecule has 0 fully saturated rings. The van der Waals surface area contributed by atoms with Crippen LogP contribution in [0.5, 0.6) is 17.2 Å². The Morgan fingerprint density at radius 1 is 0.435 bits per heavy atom. The Balaban J connectivity index is 1.12. The molecule has 0 radical (unpaired) electrons. The third-order valence-electron chi connectivity index (χ3n) is 7.64. The molecule has 0 spiro atoms. The summed E-state index contributed by atoms with van der Waals surface area (Å²) >= 11 is 5.50. The number of rotatable bonds is 9. The number of ether oxygens (including phenoxy) is 2. The minimum absolute atomic E-state index is 0.170. The highest BCUT2D eigenvalue weighted by atomic mass is 32.8. The molecule has 0 aliphatic rings. The predicted octanol–water partition coefficient (Wildman–Crippen LogP) is 9.13. The molecular formula is C38H30O5S3. The van der Waals surface area contributed by atoms with Crippen molar-refractivity contribution in [3.8, 4) is 39.5 Å². The molecule has 5 nitrogen and oxygen atoms in total. The van der Waals surface area contributed by atoms with Gasteiger partial charge in [-0.1, -0.05) is 66.2 Å². The van der Waals surface area contributed by atoms with Gasteiger partial charge in [-0.05, 0) is 125 Å². The summed E-state index contributed by atoms with van der Waals surface area (Å²) in [5.41, 5.74) is 4.87. The molecule has 0 heterocycles. The SMILES string of the molecule is COc1ccc(-c2ccc(Oc3ccc(S(=O)(=O)c4ccc(-c5ccc(S(=O)(=S)c6ccc(C)cc6)cc5)cc4)cc3)cc2)cc1. The molecule has 6 aromatic carbocycles. The third kappa shape index (κ3) is 6.60. The van der Waals surface area contributed by atoms with Gasteiger partial charge in [-0.15, -0.1) is 0 Å². The van der Waals surface area contributed by atoms with E-state index < -0.39 is 18.3 Å². The maximum absolute atomic E-state index is 13.4. The van der Waals surface area contributed by atoms with Gasteiger partial charge in [-0.2, -0.15) is 0 Å². The van der Waals surface area contributed by atoms with Crippen molar-refractivity contribution in [1.82, 2.24) is 0 Å². The van der Waals surface area contributed by atoms with Crippen LogP contribution in [0.2, 0.25) is 0 Å². The Morgan fingerprint density at radius 2 is 0.739 bits per heavy atom. The Hall–Kier alpha value is -4.76. The number of benzene rings is 6. The Morgan fingerprint density at radius 3 is 1.15 bits per heavy atom. The van der Waals surface area contributed by atoms with E-state index in [1.165, 1.54) is 0 Å². The smallest absolute Gasteiger partial charge is 0.206 e. The van der Waals surface area contributed by atoms with Crippen LogP contribution in [0.1, 0.15) is 5.56 Å². The molecule has 0 aromatic heterocycles. The van der Waals surface area contributed by atoms with Crippen molar-refractivity contribution in [3.63, 3.8) is 0 Å². The first-order valence-electron chi connectivity index (χ1n) is 14.4. The molecule has 0 aliphatic carbocycles. The van der Waals surface area contributed by atoms with Gasteiger partial charge in [-0.3, -0.25) is 0 Å². The summed E-state index contributed by atoms with van der Waals surface area (Å²) in [5, 5.41) is 0. The molecule has 0 N–H and O–H groups in total. The van der Waals surface area contributed by atoms with Crippen LogP contribution < -0.4 is 9.47 Å². The van der Waals surface area contributed by atoms with Crippen LogP contribution in [-0.2, 0) is 29.5 Å². The van der Waals surface area contributed by atoms with Crippen LogP contribution in [0.4, 0.5) is 0 Å². The first kappa shape index (κ1) is 31.2. The fourth-order valence-electron chi connectivity index (χ4n) is 4.96. The molecule has 8 heteroatoms. The van der Waals surface area contributed by atoms with E-state index in [-0.39, 0.29) is 9.79 Å². The van der Waals surface area contributed by atoms with Crippen molar-refractivity contribution in [3.05, 3.63) is 151 Å². The molecule has 6 aromatic rings. The third-order valence-corrected chi connectivity index (χ3v) is 12.4. The van der Waals surface area contributed by atoms with Gasteiger partial charge < -0.3 is 9.47 Å². The van der Waals surface area contributed by atoms with Gasteiger partial charge in [0.25, 0.3) is 0 Å². The molecular weight excluding hydrogens is 633 g/mol. The monoisotopic (exact) mass is 662 g/mol. The van der Waals surface area contributed by atoms with Gasteiger partial charge in [0.15, 0.2) is 0 Å². The van der Waals surface area contributed by atoms with Gasteiger partial charge >= 0.3 is 0 Å². The fraction of sp³-hybridized carbons (Fsp3) is 0.0526. The number of sulfone groups is 1. The lowest BCUT2D eigenvalue weighted by Crippen LogP contribution is -2.02. The van der Waals surface area contributed by atoms with Gasteiger partial charge in [0.1, 0.15) is 17.2 Å². The van der Waals surface area contributed by atoms with Gasteiger partial charge in [-0.25, -0.2) is 12.6 Å². The van der Waals surface area contributed by atoms with Crippen molar-refractivity contribution in [1.29, 1.82) is 0 Å². The Bertz CT molecular complexity index is 2170. The minimum Gasteiger partial charge on any atom is -0.497 e. The van der Waals surface area contributed by atoms with Crippen LogP contribution in [0, 0.1) is 6.92 Å². The van der Waals surface area contributed by atoms with E-state index in [2.05, 4.69) is 0 Å². The zero-order chi connectivity index (χ0) is 32.3. The fourth-order valence-corrected chi connectivity index (χ4v) is 8.15. The molecule has 0 bridgehead atoms. The van der Waals surface area contributed by atoms with E-state index >= 15 is 0 Å². The van der Waals surface area contributed by atoms with E-state index in [1.54, 1.807) is 79.9 Å². The summed E-state index contributed by atoms with van der Waals surface area (Å²) in [5.74, 6) is 1.97. The molecule has 6 rings (SSSR count). The van der Waals surface area contributed by atoms with Crippen molar-refractivity contribution < 1.29 is 22.1 Å². The molecule has 0 aliphatic heterocycles. The van der Waals surface area contributed by atoms with Crippen LogP contribution in [0.25, 0.3) is 22.3 Å². The van der Waals surface area contributed by atoms with E-state index in [0.29, 0.717) is 21.3 Å². The lowest BCUT2D eigenvalue weighted by atomic mass is 10.1. The number of hydrogen-bond donors (Lipinski definition) is 0. The molecule has 1 unspecified atom stereocenters. The summed E-state index contributed by atoms with van der Waals surface area (Å²) in [7, 11) is -4.91. The molecule has 230 valence electrons. The van der Waals surface area contributed by atoms with E-state index in [4.69, 9.17) is 20.7 Å². The molecule has 1 atom stereocenters. The summed E-state index contributed by atoms with van der Waals surface area (Å²) in [4.78, 5) is 1.52.